The first kappa shape index (κ1) is 25.5. The highest BCUT2D eigenvalue weighted by Crippen LogP contribution is 2.29. The number of aliphatic hydroxyl groups excluding tert-OH is 1. The molecule has 36 heavy (non-hydrogen) atoms. The number of pyridine rings is 1. The Hall–Kier alpha value is -3.54. The number of aliphatic hydroxyl groups is 1. The van der Waals surface area contributed by atoms with E-state index in [4.69, 9.17) is 0 Å². The van der Waals surface area contributed by atoms with E-state index in [9.17, 15) is 23.1 Å². The number of hydrogen-bond acceptors (Lipinski definition) is 7. The number of carbonyl (C=O) groups excluding carboxylic acids is 1. The molecule has 12 heteroatoms. The molecule has 1 saturated carbocycles. The first-order valence-electron chi connectivity index (χ1n) is 11.7. The van der Waals surface area contributed by atoms with Crippen LogP contribution < -0.4 is 10.1 Å². The van der Waals surface area contributed by atoms with E-state index in [2.05, 4.69) is 30.4 Å². The molecule has 2 N–H and O–H groups in total. The van der Waals surface area contributed by atoms with Gasteiger partial charge in [0.1, 0.15) is 11.4 Å². The minimum absolute atomic E-state index is 0.00813. The molecule has 2 aromatic heterocycles. The molecular weight excluding hydrogens is 477 g/mol. The van der Waals surface area contributed by atoms with Crippen LogP contribution in [0.15, 0.2) is 36.4 Å². The fourth-order valence-electron chi connectivity index (χ4n) is 4.30. The second-order valence-electron chi connectivity index (χ2n) is 9.00. The Morgan fingerprint density at radius 2 is 1.92 bits per heavy atom. The Bertz CT molecular complexity index is 1190. The van der Waals surface area contributed by atoms with Crippen LogP contribution in [0.5, 0.6) is 5.75 Å². The van der Waals surface area contributed by atoms with Crippen LogP contribution in [-0.4, -0.2) is 49.2 Å². The van der Waals surface area contributed by atoms with Gasteiger partial charge in [-0.2, -0.15) is 4.80 Å². The molecule has 1 aliphatic carbocycles. The average molecular weight is 505 g/mol. The summed E-state index contributed by atoms with van der Waals surface area (Å²) in [4.78, 5) is 18.5. The summed E-state index contributed by atoms with van der Waals surface area (Å²) in [5.41, 5.74) is 1.74. The smallest absolute Gasteiger partial charge is 0.406 e. The van der Waals surface area contributed by atoms with E-state index in [1.807, 2.05) is 0 Å². The van der Waals surface area contributed by atoms with E-state index < -0.39 is 12.3 Å². The highest BCUT2D eigenvalue weighted by atomic mass is 19.4. The van der Waals surface area contributed by atoms with Gasteiger partial charge in [0.15, 0.2) is 0 Å². The number of amides is 1. The molecule has 9 nitrogen and oxygen atoms in total. The Labute approximate surface area is 205 Å². The number of hydrogen-bond donors (Lipinski definition) is 2. The van der Waals surface area contributed by atoms with Crippen molar-refractivity contribution in [3.8, 4) is 17.1 Å². The molecule has 0 unspecified atom stereocenters. The summed E-state index contributed by atoms with van der Waals surface area (Å²) in [6, 6.07) is 8.70. The molecule has 0 spiro atoms. The normalized spacial score (nSPS) is 18.1. The number of ether oxygens (including phenoxy) is 1. The highest BCUT2D eigenvalue weighted by molar-refractivity contribution is 5.93. The van der Waals surface area contributed by atoms with Crippen molar-refractivity contribution in [2.24, 2.45) is 11.8 Å². The minimum atomic E-state index is -4.79. The fourth-order valence-corrected chi connectivity index (χ4v) is 4.30. The van der Waals surface area contributed by atoms with Gasteiger partial charge in [0.25, 0.3) is 5.91 Å². The number of rotatable bonds is 8. The van der Waals surface area contributed by atoms with Gasteiger partial charge in [-0.3, -0.25) is 4.79 Å². The third-order valence-corrected chi connectivity index (χ3v) is 6.13. The summed E-state index contributed by atoms with van der Waals surface area (Å²) >= 11 is 0. The van der Waals surface area contributed by atoms with Crippen LogP contribution in [0, 0.1) is 18.8 Å². The predicted molar refractivity (Wildman–Crippen MR) is 123 cm³/mol. The molecule has 1 aromatic carbocycles. The third-order valence-electron chi connectivity index (χ3n) is 6.13. The van der Waals surface area contributed by atoms with Crippen LogP contribution in [-0.2, 0) is 13.1 Å². The zero-order valence-electron chi connectivity index (χ0n) is 19.7. The van der Waals surface area contributed by atoms with Crippen molar-refractivity contribution < 1.29 is 27.8 Å². The van der Waals surface area contributed by atoms with E-state index in [1.165, 1.54) is 18.2 Å². The van der Waals surface area contributed by atoms with Crippen LogP contribution in [0.3, 0.4) is 0 Å². The molecule has 1 fully saturated rings. The lowest BCUT2D eigenvalue weighted by atomic mass is 9.82. The van der Waals surface area contributed by atoms with Crippen molar-refractivity contribution in [1.82, 2.24) is 30.5 Å². The summed E-state index contributed by atoms with van der Waals surface area (Å²) in [6.45, 7) is 2.60. The van der Waals surface area contributed by atoms with Crippen LogP contribution in [0.2, 0.25) is 0 Å². The molecule has 0 bridgehead atoms. The Balaban J connectivity index is 1.39. The number of carbonyl (C=O) groups is 1. The standard InChI is InChI=1S/C24H27F3N6O3/c1-15-9-19(22-30-32-33(31-22)13-16-5-7-17(14-34)8-6-16)11-21(29-15)23(35)28-12-18-3-2-4-20(10-18)36-24(25,26)27/h2-4,9-11,16-17,34H,5-8,12-14H2,1H3,(H,28,35). The number of aromatic nitrogens is 5. The van der Waals surface area contributed by atoms with E-state index in [0.29, 0.717) is 41.0 Å². The SMILES string of the molecule is Cc1cc(-c2nnn(CC3CCC(CO)CC3)n2)cc(C(=O)NCc2cccc(OC(F)(F)F)c2)n1. The number of benzene rings is 1. The second-order valence-corrected chi connectivity index (χ2v) is 9.00. The lowest BCUT2D eigenvalue weighted by molar-refractivity contribution is -0.274. The van der Waals surface area contributed by atoms with Gasteiger partial charge in [0.2, 0.25) is 5.82 Å². The summed E-state index contributed by atoms with van der Waals surface area (Å²) in [6.07, 6.45) is -0.800. The van der Waals surface area contributed by atoms with Crippen molar-refractivity contribution in [2.75, 3.05) is 6.61 Å². The minimum Gasteiger partial charge on any atom is -0.406 e. The van der Waals surface area contributed by atoms with E-state index in [1.54, 1.807) is 29.9 Å². The predicted octanol–water partition coefficient (Wildman–Crippen LogP) is 3.67. The van der Waals surface area contributed by atoms with Crippen molar-refractivity contribution in [2.45, 2.75) is 52.1 Å². The molecule has 0 saturated heterocycles. The maximum absolute atomic E-state index is 12.7. The largest absolute Gasteiger partial charge is 0.573 e. The van der Waals surface area contributed by atoms with Crippen LogP contribution in [0.4, 0.5) is 13.2 Å². The molecule has 2 heterocycles. The van der Waals surface area contributed by atoms with E-state index in [0.717, 1.165) is 25.7 Å². The van der Waals surface area contributed by atoms with Crippen molar-refractivity contribution in [3.63, 3.8) is 0 Å². The summed E-state index contributed by atoms with van der Waals surface area (Å²) in [7, 11) is 0. The number of nitrogens with one attached hydrogen (secondary N) is 1. The van der Waals surface area contributed by atoms with Gasteiger partial charge in [0.05, 0.1) is 6.54 Å². The first-order valence-corrected chi connectivity index (χ1v) is 11.7. The maximum atomic E-state index is 12.7. The maximum Gasteiger partial charge on any atom is 0.573 e. The molecule has 0 radical (unpaired) electrons. The first-order chi connectivity index (χ1) is 17.2. The summed E-state index contributed by atoms with van der Waals surface area (Å²) in [5, 5.41) is 24.7. The zero-order chi connectivity index (χ0) is 25.7. The lowest BCUT2D eigenvalue weighted by Crippen LogP contribution is -2.24. The number of halogens is 3. The van der Waals surface area contributed by atoms with Crippen molar-refractivity contribution in [1.29, 1.82) is 0 Å². The topological polar surface area (TPSA) is 115 Å². The van der Waals surface area contributed by atoms with Gasteiger partial charge in [-0.15, -0.1) is 23.4 Å². The Morgan fingerprint density at radius 3 is 2.64 bits per heavy atom. The second kappa shape index (κ2) is 11.0. The monoisotopic (exact) mass is 504 g/mol. The van der Waals surface area contributed by atoms with Crippen molar-refractivity contribution in [3.05, 3.63) is 53.3 Å². The van der Waals surface area contributed by atoms with Gasteiger partial charge < -0.3 is 15.2 Å². The van der Waals surface area contributed by atoms with Gasteiger partial charge >= 0.3 is 6.36 Å². The molecule has 4 rings (SSSR count). The highest BCUT2D eigenvalue weighted by Gasteiger charge is 2.31. The van der Waals surface area contributed by atoms with Crippen LogP contribution in [0.25, 0.3) is 11.4 Å². The summed E-state index contributed by atoms with van der Waals surface area (Å²) < 4.78 is 41.3. The lowest BCUT2D eigenvalue weighted by Gasteiger charge is -2.26. The Kier molecular flexibility index (Phi) is 7.82. The quantitative estimate of drug-likeness (QED) is 0.481. The van der Waals surface area contributed by atoms with Crippen molar-refractivity contribution >= 4 is 5.91 Å². The molecule has 0 aliphatic heterocycles. The number of aryl methyl sites for hydroxylation is 1. The molecule has 192 valence electrons. The number of tetrazole rings is 1. The van der Waals surface area contributed by atoms with Gasteiger partial charge in [-0.05, 0) is 79.5 Å². The van der Waals surface area contributed by atoms with Gasteiger partial charge in [-0.25, -0.2) is 4.98 Å². The van der Waals surface area contributed by atoms with Crippen LogP contribution in [0.1, 0.15) is 47.4 Å². The molecule has 0 atom stereocenters. The number of nitrogens with zero attached hydrogens (tertiary/aromatic N) is 5. The summed E-state index contributed by atoms with van der Waals surface area (Å²) in [5.74, 6) is 0.323. The average Bonchev–Trinajstić information content (AvgIpc) is 3.30. The molecule has 1 amide bonds. The molecule has 1 aliphatic rings. The number of alkyl halides is 3. The van der Waals surface area contributed by atoms with Gasteiger partial charge in [-0.1, -0.05) is 12.1 Å². The molecular formula is C24H27F3N6O3. The zero-order valence-corrected chi connectivity index (χ0v) is 19.7. The van der Waals surface area contributed by atoms with E-state index >= 15 is 0 Å². The third kappa shape index (κ3) is 7.00. The molecule has 3 aromatic rings. The Morgan fingerprint density at radius 1 is 1.17 bits per heavy atom. The van der Waals surface area contributed by atoms with Gasteiger partial charge in [0, 0.05) is 24.4 Å². The van der Waals surface area contributed by atoms with E-state index in [-0.39, 0.29) is 24.6 Å². The van der Waals surface area contributed by atoms with Crippen LogP contribution >= 0.6 is 0 Å². The fraction of sp³-hybridized carbons (Fsp3) is 0.458.